The Kier molecular flexibility index (Phi) is 3.93. The van der Waals surface area contributed by atoms with Gasteiger partial charge in [0.25, 0.3) is 11.8 Å². The summed E-state index contributed by atoms with van der Waals surface area (Å²) >= 11 is 0. The van der Waals surface area contributed by atoms with Gasteiger partial charge in [0.05, 0.1) is 0 Å². The number of aromatic nitrogens is 1. The third-order valence-electron chi connectivity index (χ3n) is 4.45. The van der Waals surface area contributed by atoms with Crippen LogP contribution in [0.5, 0.6) is 0 Å². The van der Waals surface area contributed by atoms with E-state index in [0.29, 0.717) is 48.4 Å². The molecule has 1 fully saturated rings. The van der Waals surface area contributed by atoms with Crippen LogP contribution in [0, 0.1) is 0 Å². The van der Waals surface area contributed by atoms with Crippen LogP contribution in [0.3, 0.4) is 0 Å². The summed E-state index contributed by atoms with van der Waals surface area (Å²) in [6, 6.07) is 14.5. The van der Waals surface area contributed by atoms with Crippen LogP contribution in [0.4, 0.5) is 0 Å². The van der Waals surface area contributed by atoms with Crippen molar-refractivity contribution in [3.8, 4) is 0 Å². The van der Waals surface area contributed by atoms with Gasteiger partial charge in [-0.15, -0.1) is 0 Å². The molecule has 0 spiro atoms. The predicted octanol–water partition coefficient (Wildman–Crippen LogP) is 2.43. The second kappa shape index (κ2) is 6.39. The van der Waals surface area contributed by atoms with Gasteiger partial charge in [0.15, 0.2) is 12.0 Å². The molecule has 0 saturated carbocycles. The van der Waals surface area contributed by atoms with Crippen molar-refractivity contribution < 1.29 is 14.0 Å². The number of nitrogens with zero attached hydrogens (tertiary/aromatic N) is 3. The minimum atomic E-state index is -0.0447. The highest BCUT2D eigenvalue weighted by molar-refractivity contribution is 5.97. The maximum Gasteiger partial charge on any atom is 0.254 e. The van der Waals surface area contributed by atoms with E-state index < -0.39 is 0 Å². The Bertz CT molecular complexity index is 912. The van der Waals surface area contributed by atoms with Gasteiger partial charge in [-0.05, 0) is 30.3 Å². The van der Waals surface area contributed by atoms with Crippen LogP contribution in [0.15, 0.2) is 59.3 Å². The maximum absolute atomic E-state index is 12.7. The second-order valence-corrected chi connectivity index (χ2v) is 5.99. The highest BCUT2D eigenvalue weighted by Crippen LogP contribution is 2.17. The number of hydrogen-bond donors (Lipinski definition) is 0. The summed E-state index contributed by atoms with van der Waals surface area (Å²) in [5.74, 6) is -0.0339. The van der Waals surface area contributed by atoms with Gasteiger partial charge in [0, 0.05) is 37.3 Å². The molecule has 3 aromatic rings. The summed E-state index contributed by atoms with van der Waals surface area (Å²) in [6.45, 7) is 2.11. The smallest absolute Gasteiger partial charge is 0.254 e. The summed E-state index contributed by atoms with van der Waals surface area (Å²) in [5.41, 5.74) is 2.60. The molecule has 0 radical (unpaired) electrons. The molecule has 1 aliphatic heterocycles. The highest BCUT2D eigenvalue weighted by atomic mass is 16.3. The fourth-order valence-corrected chi connectivity index (χ4v) is 3.05. The lowest BCUT2D eigenvalue weighted by atomic mass is 10.1. The topological polar surface area (TPSA) is 66.7 Å². The Morgan fingerprint density at radius 1 is 0.840 bits per heavy atom. The Hall–Kier alpha value is -3.15. The van der Waals surface area contributed by atoms with E-state index in [1.807, 2.05) is 30.3 Å². The van der Waals surface area contributed by atoms with Gasteiger partial charge in [-0.2, -0.15) is 0 Å². The van der Waals surface area contributed by atoms with E-state index in [1.165, 1.54) is 6.39 Å². The number of carbonyl (C=O) groups is 2. The third kappa shape index (κ3) is 2.98. The Labute approximate surface area is 144 Å². The van der Waals surface area contributed by atoms with Crippen molar-refractivity contribution in [2.75, 3.05) is 26.2 Å². The minimum absolute atomic E-state index is 0.0108. The molecule has 0 unspecified atom stereocenters. The fourth-order valence-electron chi connectivity index (χ4n) is 3.05. The molecule has 126 valence electrons. The first-order chi connectivity index (χ1) is 12.2. The highest BCUT2D eigenvalue weighted by Gasteiger charge is 2.25. The minimum Gasteiger partial charge on any atom is -0.443 e. The molecule has 4 rings (SSSR count). The van der Waals surface area contributed by atoms with Crippen LogP contribution in [0.25, 0.3) is 11.1 Å². The lowest BCUT2D eigenvalue weighted by Gasteiger charge is -2.34. The zero-order valence-corrected chi connectivity index (χ0v) is 13.6. The predicted molar refractivity (Wildman–Crippen MR) is 92.3 cm³/mol. The number of rotatable bonds is 2. The summed E-state index contributed by atoms with van der Waals surface area (Å²) in [6.07, 6.45) is 1.37. The fraction of sp³-hybridized carbons (Fsp3) is 0.211. The lowest BCUT2D eigenvalue weighted by molar-refractivity contribution is 0.0535. The van der Waals surface area contributed by atoms with E-state index in [4.69, 9.17) is 4.42 Å². The average molecular weight is 335 g/mol. The third-order valence-corrected chi connectivity index (χ3v) is 4.45. The van der Waals surface area contributed by atoms with Crippen molar-refractivity contribution in [3.05, 3.63) is 66.1 Å². The van der Waals surface area contributed by atoms with Gasteiger partial charge in [-0.25, -0.2) is 4.98 Å². The quantitative estimate of drug-likeness (QED) is 0.721. The zero-order valence-electron chi connectivity index (χ0n) is 13.6. The first kappa shape index (κ1) is 15.4. The van der Waals surface area contributed by atoms with Crippen LogP contribution in [0.1, 0.15) is 20.7 Å². The molecule has 2 amide bonds. The molecule has 2 aromatic carbocycles. The molecular formula is C19H17N3O3. The van der Waals surface area contributed by atoms with Gasteiger partial charge in [-0.1, -0.05) is 18.2 Å². The van der Waals surface area contributed by atoms with Crippen molar-refractivity contribution in [2.24, 2.45) is 0 Å². The van der Waals surface area contributed by atoms with Gasteiger partial charge in [-0.3, -0.25) is 9.59 Å². The first-order valence-corrected chi connectivity index (χ1v) is 8.19. The van der Waals surface area contributed by atoms with Crippen molar-refractivity contribution in [1.82, 2.24) is 14.8 Å². The second-order valence-electron chi connectivity index (χ2n) is 5.99. The van der Waals surface area contributed by atoms with E-state index in [2.05, 4.69) is 4.98 Å². The monoisotopic (exact) mass is 335 g/mol. The number of fused-ring (bicyclic) bond motifs is 1. The van der Waals surface area contributed by atoms with Crippen molar-refractivity contribution in [1.29, 1.82) is 0 Å². The molecule has 0 aliphatic carbocycles. The largest absolute Gasteiger partial charge is 0.443 e. The maximum atomic E-state index is 12.7. The molecule has 2 heterocycles. The molecule has 0 bridgehead atoms. The number of amides is 2. The Morgan fingerprint density at radius 3 is 2.16 bits per heavy atom. The number of piperazine rings is 1. The summed E-state index contributed by atoms with van der Waals surface area (Å²) in [4.78, 5) is 32.8. The zero-order chi connectivity index (χ0) is 17.2. The standard InChI is InChI=1S/C19H17N3O3/c23-18(14-4-2-1-3-5-14)21-8-10-22(11-9-21)19(24)15-6-7-17-16(12-15)20-13-25-17/h1-7,12-13H,8-11H2. The number of benzene rings is 2. The molecule has 25 heavy (non-hydrogen) atoms. The van der Waals surface area contributed by atoms with E-state index >= 15 is 0 Å². The summed E-state index contributed by atoms with van der Waals surface area (Å²) < 4.78 is 5.20. The Balaban J connectivity index is 1.42. The first-order valence-electron chi connectivity index (χ1n) is 8.19. The van der Waals surface area contributed by atoms with Crippen LogP contribution in [-0.2, 0) is 0 Å². The molecule has 6 nitrogen and oxygen atoms in total. The van der Waals surface area contributed by atoms with Crippen molar-refractivity contribution >= 4 is 22.9 Å². The lowest BCUT2D eigenvalue weighted by Crippen LogP contribution is -2.50. The van der Waals surface area contributed by atoms with Crippen LogP contribution < -0.4 is 0 Å². The van der Waals surface area contributed by atoms with Gasteiger partial charge in [0.2, 0.25) is 0 Å². The Morgan fingerprint density at radius 2 is 1.48 bits per heavy atom. The SMILES string of the molecule is O=C(c1ccccc1)N1CCN(C(=O)c2ccc3ocnc3c2)CC1. The number of oxazole rings is 1. The van der Waals surface area contributed by atoms with Crippen molar-refractivity contribution in [3.63, 3.8) is 0 Å². The van der Waals surface area contributed by atoms with E-state index in [1.54, 1.807) is 28.0 Å². The molecule has 1 aliphatic rings. The van der Waals surface area contributed by atoms with E-state index in [0.717, 1.165) is 0 Å². The number of carbonyl (C=O) groups excluding carboxylic acids is 2. The normalized spacial score (nSPS) is 14.7. The van der Waals surface area contributed by atoms with Crippen LogP contribution in [0.2, 0.25) is 0 Å². The average Bonchev–Trinajstić information content (AvgIpc) is 3.15. The molecule has 1 saturated heterocycles. The van der Waals surface area contributed by atoms with Crippen LogP contribution in [-0.4, -0.2) is 52.8 Å². The van der Waals surface area contributed by atoms with Gasteiger partial charge < -0.3 is 14.2 Å². The molecule has 1 aromatic heterocycles. The molecular weight excluding hydrogens is 318 g/mol. The number of hydrogen-bond acceptors (Lipinski definition) is 4. The summed E-state index contributed by atoms with van der Waals surface area (Å²) in [5, 5.41) is 0. The molecule has 6 heteroatoms. The van der Waals surface area contributed by atoms with E-state index in [9.17, 15) is 9.59 Å². The summed E-state index contributed by atoms with van der Waals surface area (Å²) in [7, 11) is 0. The van der Waals surface area contributed by atoms with Crippen molar-refractivity contribution in [2.45, 2.75) is 0 Å². The van der Waals surface area contributed by atoms with E-state index in [-0.39, 0.29) is 11.8 Å². The van der Waals surface area contributed by atoms with Gasteiger partial charge >= 0.3 is 0 Å². The van der Waals surface area contributed by atoms with Crippen LogP contribution >= 0.6 is 0 Å². The molecule has 0 N–H and O–H groups in total. The van der Waals surface area contributed by atoms with Gasteiger partial charge in [0.1, 0.15) is 5.52 Å². The molecule has 0 atom stereocenters.